The summed E-state index contributed by atoms with van der Waals surface area (Å²) in [6.45, 7) is 0.407. The maximum Gasteiger partial charge on any atom is 0.345 e. The molecule has 0 bridgehead atoms. The highest BCUT2D eigenvalue weighted by molar-refractivity contribution is 6.03. The van der Waals surface area contributed by atoms with E-state index in [4.69, 9.17) is 5.73 Å². The van der Waals surface area contributed by atoms with Crippen molar-refractivity contribution >= 4 is 23.1 Å². The molecule has 4 rings (SSSR count). The molecule has 0 saturated carbocycles. The molecule has 0 aliphatic rings. The van der Waals surface area contributed by atoms with Gasteiger partial charge in [-0.05, 0) is 60.2 Å². The fourth-order valence-corrected chi connectivity index (χ4v) is 3.23. The Morgan fingerprint density at radius 3 is 2.31 bits per heavy atom. The number of urea groups is 1. The lowest BCUT2D eigenvalue weighted by Crippen LogP contribution is -2.39. The first-order chi connectivity index (χ1) is 15.6. The maximum absolute atomic E-state index is 13.2. The highest BCUT2D eigenvalue weighted by Crippen LogP contribution is 2.20. The number of pyridine rings is 1. The van der Waals surface area contributed by atoms with Crippen LogP contribution in [-0.2, 0) is 6.54 Å². The molecule has 160 valence electrons. The molecular weight excluding hydrogens is 402 g/mol. The van der Waals surface area contributed by atoms with Gasteiger partial charge in [0.05, 0.1) is 11.4 Å². The van der Waals surface area contributed by atoms with Crippen molar-refractivity contribution in [2.24, 2.45) is 5.73 Å². The van der Waals surface area contributed by atoms with Crippen LogP contribution in [0.4, 0.5) is 21.9 Å². The molecule has 0 radical (unpaired) electrons. The van der Waals surface area contributed by atoms with Crippen LogP contribution in [0.5, 0.6) is 0 Å². The van der Waals surface area contributed by atoms with Crippen molar-refractivity contribution < 1.29 is 4.79 Å². The summed E-state index contributed by atoms with van der Waals surface area (Å²) in [5.74, 6) is 0. The SMILES string of the molecule is NCc1cccc(NN(C(=O)Nc2ccc(-n3ccccc3=O)cc2)c2ccccc2)c1. The van der Waals surface area contributed by atoms with Crippen LogP contribution in [0.2, 0.25) is 0 Å². The van der Waals surface area contributed by atoms with Gasteiger partial charge < -0.3 is 11.1 Å². The number of hydrogen-bond donors (Lipinski definition) is 3. The third kappa shape index (κ3) is 4.85. The topological polar surface area (TPSA) is 92.4 Å². The summed E-state index contributed by atoms with van der Waals surface area (Å²) in [6, 6.07) is 28.6. The van der Waals surface area contributed by atoms with Crippen molar-refractivity contribution in [1.29, 1.82) is 0 Å². The van der Waals surface area contributed by atoms with Crippen molar-refractivity contribution in [2.45, 2.75) is 6.54 Å². The highest BCUT2D eigenvalue weighted by Gasteiger charge is 2.16. The molecule has 32 heavy (non-hydrogen) atoms. The number of carbonyl (C=O) groups is 1. The van der Waals surface area contributed by atoms with E-state index >= 15 is 0 Å². The van der Waals surface area contributed by atoms with Crippen molar-refractivity contribution in [3.63, 3.8) is 0 Å². The van der Waals surface area contributed by atoms with E-state index in [-0.39, 0.29) is 11.6 Å². The minimum atomic E-state index is -0.362. The average molecular weight is 425 g/mol. The van der Waals surface area contributed by atoms with Crippen LogP contribution in [0.15, 0.2) is 108 Å². The second-order valence-electron chi connectivity index (χ2n) is 7.07. The fourth-order valence-electron chi connectivity index (χ4n) is 3.23. The van der Waals surface area contributed by atoms with Crippen molar-refractivity contribution in [3.8, 4) is 5.69 Å². The molecule has 2 amide bonds. The van der Waals surface area contributed by atoms with Gasteiger partial charge in [-0.15, -0.1) is 0 Å². The molecule has 0 atom stereocenters. The molecule has 1 aromatic heterocycles. The summed E-state index contributed by atoms with van der Waals surface area (Å²) >= 11 is 0. The first-order valence-corrected chi connectivity index (χ1v) is 10.1. The van der Waals surface area contributed by atoms with Gasteiger partial charge in [0.15, 0.2) is 0 Å². The monoisotopic (exact) mass is 425 g/mol. The number of carbonyl (C=O) groups excluding carboxylic acids is 1. The minimum Gasteiger partial charge on any atom is -0.326 e. The molecular formula is C25H23N5O2. The van der Waals surface area contributed by atoms with Crippen LogP contribution in [0.3, 0.4) is 0 Å². The van der Waals surface area contributed by atoms with Gasteiger partial charge in [0.1, 0.15) is 0 Å². The van der Waals surface area contributed by atoms with Crippen molar-refractivity contribution in [2.75, 3.05) is 15.8 Å². The lowest BCUT2D eigenvalue weighted by molar-refractivity contribution is 0.258. The molecule has 0 aliphatic carbocycles. The largest absolute Gasteiger partial charge is 0.345 e. The summed E-state index contributed by atoms with van der Waals surface area (Å²) < 4.78 is 1.54. The summed E-state index contributed by atoms with van der Waals surface area (Å²) in [4.78, 5) is 25.2. The van der Waals surface area contributed by atoms with Gasteiger partial charge in [-0.1, -0.05) is 36.4 Å². The minimum absolute atomic E-state index is 0.122. The Balaban J connectivity index is 1.56. The molecule has 7 nitrogen and oxygen atoms in total. The van der Waals surface area contributed by atoms with E-state index in [1.807, 2.05) is 54.6 Å². The normalized spacial score (nSPS) is 10.4. The smallest absolute Gasteiger partial charge is 0.326 e. The van der Waals surface area contributed by atoms with Crippen LogP contribution in [0, 0.1) is 0 Å². The molecule has 0 spiro atoms. The Hall–Kier alpha value is -4.36. The van der Waals surface area contributed by atoms with Gasteiger partial charge >= 0.3 is 6.03 Å². The molecule has 7 heteroatoms. The predicted octanol–water partition coefficient (Wildman–Crippen LogP) is 4.36. The number of amides is 2. The van der Waals surface area contributed by atoms with Gasteiger partial charge in [0, 0.05) is 30.2 Å². The molecule has 4 aromatic rings. The first-order valence-electron chi connectivity index (χ1n) is 10.1. The second kappa shape index (κ2) is 9.63. The summed E-state index contributed by atoms with van der Waals surface area (Å²) in [5, 5.41) is 4.33. The number of nitrogens with two attached hydrogens (primary N) is 1. The van der Waals surface area contributed by atoms with E-state index in [1.54, 1.807) is 42.6 Å². The third-order valence-electron chi connectivity index (χ3n) is 4.84. The van der Waals surface area contributed by atoms with Gasteiger partial charge in [-0.3, -0.25) is 14.8 Å². The van der Waals surface area contributed by atoms with Crippen LogP contribution >= 0.6 is 0 Å². The van der Waals surface area contributed by atoms with Crippen LogP contribution < -0.4 is 27.0 Å². The number of rotatable bonds is 6. The number of anilines is 3. The van der Waals surface area contributed by atoms with E-state index in [9.17, 15) is 9.59 Å². The van der Waals surface area contributed by atoms with Crippen LogP contribution in [0.25, 0.3) is 5.69 Å². The van der Waals surface area contributed by atoms with E-state index < -0.39 is 0 Å². The lowest BCUT2D eigenvalue weighted by Gasteiger charge is -2.25. The van der Waals surface area contributed by atoms with Crippen LogP contribution in [-0.4, -0.2) is 10.6 Å². The standard InChI is InChI=1S/C25H23N5O2/c26-18-19-7-6-8-21(17-19)28-30(23-9-2-1-3-10-23)25(32)27-20-12-14-22(15-13-20)29-16-5-4-11-24(29)31/h1-17,28H,18,26H2,(H,27,32). The number of hydrazine groups is 1. The van der Waals surface area contributed by atoms with Gasteiger partial charge in [0.2, 0.25) is 0 Å². The van der Waals surface area contributed by atoms with Crippen LogP contribution in [0.1, 0.15) is 5.56 Å². The summed E-state index contributed by atoms with van der Waals surface area (Å²) in [7, 11) is 0. The summed E-state index contributed by atoms with van der Waals surface area (Å²) in [5.41, 5.74) is 12.5. The number of hydrogen-bond acceptors (Lipinski definition) is 4. The number of aromatic nitrogens is 1. The molecule has 0 fully saturated rings. The average Bonchev–Trinajstić information content (AvgIpc) is 2.84. The van der Waals surface area contributed by atoms with Gasteiger partial charge in [0.25, 0.3) is 5.56 Å². The van der Waals surface area contributed by atoms with Crippen molar-refractivity contribution in [1.82, 2.24) is 4.57 Å². The number of para-hydroxylation sites is 1. The Labute approximate surface area is 185 Å². The molecule has 3 aromatic carbocycles. The zero-order chi connectivity index (χ0) is 22.3. The first kappa shape index (κ1) is 20.9. The van der Waals surface area contributed by atoms with Gasteiger partial charge in [-0.2, -0.15) is 0 Å². The van der Waals surface area contributed by atoms with E-state index in [1.165, 1.54) is 15.6 Å². The molecule has 1 heterocycles. The Morgan fingerprint density at radius 2 is 1.59 bits per heavy atom. The zero-order valence-electron chi connectivity index (χ0n) is 17.3. The zero-order valence-corrected chi connectivity index (χ0v) is 17.3. The lowest BCUT2D eigenvalue weighted by atomic mass is 10.2. The van der Waals surface area contributed by atoms with Crippen molar-refractivity contribution in [3.05, 3.63) is 119 Å². The number of nitrogens with zero attached hydrogens (tertiary/aromatic N) is 2. The molecule has 4 N–H and O–H groups in total. The quantitative estimate of drug-likeness (QED) is 0.400. The third-order valence-corrected chi connectivity index (χ3v) is 4.84. The fraction of sp³-hybridized carbons (Fsp3) is 0.0400. The molecule has 0 unspecified atom stereocenters. The number of benzene rings is 3. The Bertz CT molecular complexity index is 1250. The van der Waals surface area contributed by atoms with Gasteiger partial charge in [-0.25, -0.2) is 9.80 Å². The highest BCUT2D eigenvalue weighted by atomic mass is 16.2. The number of nitrogens with one attached hydrogen (secondary N) is 2. The second-order valence-corrected chi connectivity index (χ2v) is 7.07. The maximum atomic E-state index is 13.2. The Morgan fingerprint density at radius 1 is 0.844 bits per heavy atom. The molecule has 0 saturated heterocycles. The van der Waals surface area contributed by atoms with E-state index in [0.29, 0.717) is 23.6 Å². The molecule has 0 aliphatic heterocycles. The van der Waals surface area contributed by atoms with E-state index in [2.05, 4.69) is 10.7 Å². The van der Waals surface area contributed by atoms with E-state index in [0.717, 1.165) is 11.3 Å². The Kier molecular flexibility index (Phi) is 6.29. The summed E-state index contributed by atoms with van der Waals surface area (Å²) in [6.07, 6.45) is 1.70. The predicted molar refractivity (Wildman–Crippen MR) is 128 cm³/mol.